The van der Waals surface area contributed by atoms with Gasteiger partial charge in [0.1, 0.15) is 5.75 Å². The maximum Gasteiger partial charge on any atom is 0.211 e. The van der Waals surface area contributed by atoms with Gasteiger partial charge in [-0.1, -0.05) is 12.1 Å². The lowest BCUT2D eigenvalue weighted by Gasteiger charge is -2.19. The van der Waals surface area contributed by atoms with E-state index >= 15 is 0 Å². The Morgan fingerprint density at radius 1 is 1.35 bits per heavy atom. The first-order valence-electron chi connectivity index (χ1n) is 7.53. The molecule has 1 aromatic heterocycles. The third-order valence-electron chi connectivity index (χ3n) is 3.73. The Kier molecular flexibility index (Phi) is 4.57. The van der Waals surface area contributed by atoms with Gasteiger partial charge >= 0.3 is 0 Å². The molecule has 2 heterocycles. The molecule has 1 aromatic carbocycles. The van der Waals surface area contributed by atoms with E-state index in [4.69, 9.17) is 17.0 Å². The largest absolute Gasteiger partial charge is 0.493 e. The summed E-state index contributed by atoms with van der Waals surface area (Å²) in [4.78, 5) is 2.88. The van der Waals surface area contributed by atoms with Gasteiger partial charge in [0.2, 0.25) is 5.88 Å². The molecule has 2 aromatic rings. The monoisotopic (exact) mass is 346 g/mol. The van der Waals surface area contributed by atoms with Crippen LogP contribution in [0.5, 0.6) is 11.6 Å². The molecule has 1 aliphatic rings. The van der Waals surface area contributed by atoms with E-state index in [2.05, 4.69) is 23.6 Å². The van der Waals surface area contributed by atoms with E-state index < -0.39 is 0 Å². The van der Waals surface area contributed by atoms with E-state index in [1.165, 1.54) is 11.3 Å². The summed E-state index contributed by atoms with van der Waals surface area (Å²) in [5.41, 5.74) is 4.21. The Morgan fingerprint density at radius 3 is 2.83 bits per heavy atom. The highest BCUT2D eigenvalue weighted by atomic mass is 32.1. The number of thiazole rings is 1. The van der Waals surface area contributed by atoms with Crippen LogP contribution in [0.4, 0.5) is 5.69 Å². The highest BCUT2D eigenvalue weighted by Crippen LogP contribution is 2.36. The maximum atomic E-state index is 10.1. The third kappa shape index (κ3) is 2.93. The Balaban J connectivity index is 1.85. The van der Waals surface area contributed by atoms with Crippen molar-refractivity contribution in [3.05, 3.63) is 44.9 Å². The van der Waals surface area contributed by atoms with Crippen molar-refractivity contribution in [2.45, 2.75) is 26.6 Å². The molecule has 120 valence electrons. The molecule has 1 N–H and O–H groups in total. The number of hydrogen-bond donors (Lipinski definition) is 1. The van der Waals surface area contributed by atoms with Crippen LogP contribution < -0.4 is 9.64 Å². The van der Waals surface area contributed by atoms with Crippen molar-refractivity contribution in [1.29, 1.82) is 0 Å². The van der Waals surface area contributed by atoms with Crippen LogP contribution in [0.15, 0.2) is 36.1 Å². The van der Waals surface area contributed by atoms with Gasteiger partial charge in [0.25, 0.3) is 0 Å². The first kappa shape index (κ1) is 15.9. The Labute approximate surface area is 144 Å². The molecule has 0 saturated heterocycles. The topological polar surface area (TPSA) is 37.6 Å². The second kappa shape index (κ2) is 6.62. The van der Waals surface area contributed by atoms with Gasteiger partial charge in [0, 0.05) is 25.2 Å². The second-order valence-electron chi connectivity index (χ2n) is 5.04. The molecule has 0 fully saturated rings. The molecule has 1 atom stereocenters. The summed E-state index contributed by atoms with van der Waals surface area (Å²) in [6.45, 7) is 5.54. The van der Waals surface area contributed by atoms with Crippen molar-refractivity contribution in [2.24, 2.45) is 0 Å². The fourth-order valence-corrected chi connectivity index (χ4v) is 3.92. The van der Waals surface area contributed by atoms with Crippen LogP contribution in [0.3, 0.4) is 0 Å². The standard InChI is InChI=1S/C17H18N2O2S2/c1-3-18-12-8-5-6-9-13(12)21-15(18)11-7-10-14-16(20)19(4-2)17(22)23-14/h5-6,8-11,15,20H,3-4H2,1-2H3. The summed E-state index contributed by atoms with van der Waals surface area (Å²) in [6.07, 6.45) is 3.43. The predicted molar refractivity (Wildman–Crippen MR) is 96.9 cm³/mol. The molecule has 3 rings (SSSR count). The average Bonchev–Trinajstić information content (AvgIpc) is 3.04. The molecule has 0 bridgehead atoms. The first-order valence-corrected chi connectivity index (χ1v) is 8.75. The van der Waals surface area contributed by atoms with E-state index in [1.807, 2.05) is 31.2 Å². The molecule has 1 aliphatic heterocycles. The lowest BCUT2D eigenvalue weighted by Crippen LogP contribution is -2.32. The molecule has 0 spiro atoms. The number of fused-ring (bicyclic) bond motifs is 1. The zero-order valence-electron chi connectivity index (χ0n) is 13.0. The maximum absolute atomic E-state index is 10.1. The van der Waals surface area contributed by atoms with Gasteiger partial charge in [-0.25, -0.2) is 0 Å². The minimum absolute atomic E-state index is 0.183. The van der Waals surface area contributed by atoms with E-state index in [0.29, 0.717) is 15.4 Å². The van der Waals surface area contributed by atoms with Crippen molar-refractivity contribution in [3.63, 3.8) is 0 Å². The number of nitrogens with zero attached hydrogens (tertiary/aromatic N) is 2. The summed E-state index contributed by atoms with van der Waals surface area (Å²) in [7, 11) is 0. The molecule has 4 nitrogen and oxygen atoms in total. The fraction of sp³-hybridized carbons (Fsp3) is 0.294. The molecule has 1 unspecified atom stereocenters. The molecule has 23 heavy (non-hydrogen) atoms. The Morgan fingerprint density at radius 2 is 2.13 bits per heavy atom. The van der Waals surface area contributed by atoms with Crippen LogP contribution in [0, 0.1) is 3.95 Å². The molecular formula is C17H18N2O2S2. The number of anilines is 1. The number of para-hydroxylation sites is 2. The normalized spacial score (nSPS) is 15.7. The van der Waals surface area contributed by atoms with Crippen molar-refractivity contribution in [3.8, 4) is 11.6 Å². The smallest absolute Gasteiger partial charge is 0.211 e. The highest BCUT2D eigenvalue weighted by Gasteiger charge is 2.27. The number of aromatic hydroxyl groups is 1. The van der Waals surface area contributed by atoms with E-state index in [1.54, 1.807) is 10.6 Å². The van der Waals surface area contributed by atoms with Gasteiger partial charge in [-0.05, 0) is 38.2 Å². The second-order valence-corrected chi connectivity index (χ2v) is 6.72. The quantitative estimate of drug-likeness (QED) is 0.657. The number of ether oxygens (including phenoxy) is 1. The van der Waals surface area contributed by atoms with E-state index in [-0.39, 0.29) is 12.1 Å². The number of likely N-dealkylation sites (N-methyl/N-ethyl adjacent to an activating group) is 1. The van der Waals surface area contributed by atoms with Crippen LogP contribution in [-0.2, 0) is 6.54 Å². The van der Waals surface area contributed by atoms with Gasteiger partial charge in [-0.3, -0.25) is 4.57 Å². The van der Waals surface area contributed by atoms with Crippen LogP contribution in [0.25, 0.3) is 6.08 Å². The summed E-state index contributed by atoms with van der Waals surface area (Å²) < 4.78 is 8.30. The third-order valence-corrected chi connectivity index (χ3v) is 5.12. The lowest BCUT2D eigenvalue weighted by molar-refractivity contribution is 0.275. The van der Waals surface area contributed by atoms with Gasteiger partial charge in [0.15, 0.2) is 10.2 Å². The van der Waals surface area contributed by atoms with Gasteiger partial charge < -0.3 is 14.7 Å². The number of hydrogen-bond acceptors (Lipinski definition) is 5. The van der Waals surface area contributed by atoms with Crippen LogP contribution in [0.1, 0.15) is 18.7 Å². The SMILES string of the molecule is CCN1c2ccccc2OC1C=C=Cc1sc(=S)n(CC)c1O. The number of aromatic nitrogens is 1. The molecular weight excluding hydrogens is 328 g/mol. The summed E-state index contributed by atoms with van der Waals surface area (Å²) in [5.74, 6) is 1.08. The first-order chi connectivity index (χ1) is 11.2. The Bertz CT molecular complexity index is 831. The van der Waals surface area contributed by atoms with Gasteiger partial charge in [-0.15, -0.1) is 17.1 Å². The summed E-state index contributed by atoms with van der Waals surface area (Å²) in [5, 5.41) is 10.1. The molecule has 0 amide bonds. The summed E-state index contributed by atoms with van der Waals surface area (Å²) >= 11 is 6.61. The van der Waals surface area contributed by atoms with Crippen molar-refractivity contribution in [1.82, 2.24) is 4.57 Å². The number of benzene rings is 1. The number of rotatable bonds is 4. The van der Waals surface area contributed by atoms with E-state index in [9.17, 15) is 5.11 Å². The van der Waals surface area contributed by atoms with Crippen molar-refractivity contribution >= 4 is 35.3 Å². The van der Waals surface area contributed by atoms with E-state index in [0.717, 1.165) is 18.0 Å². The predicted octanol–water partition coefficient (Wildman–Crippen LogP) is 4.42. The highest BCUT2D eigenvalue weighted by molar-refractivity contribution is 7.73. The van der Waals surface area contributed by atoms with Gasteiger partial charge in [-0.2, -0.15) is 0 Å². The lowest BCUT2D eigenvalue weighted by atomic mass is 10.3. The van der Waals surface area contributed by atoms with Crippen LogP contribution >= 0.6 is 23.6 Å². The van der Waals surface area contributed by atoms with Crippen molar-refractivity contribution in [2.75, 3.05) is 11.4 Å². The van der Waals surface area contributed by atoms with Crippen LogP contribution in [0.2, 0.25) is 0 Å². The van der Waals surface area contributed by atoms with Crippen molar-refractivity contribution < 1.29 is 9.84 Å². The minimum Gasteiger partial charge on any atom is -0.493 e. The Hall–Kier alpha value is -2.01. The molecule has 0 saturated carbocycles. The molecule has 0 radical (unpaired) electrons. The van der Waals surface area contributed by atoms with Gasteiger partial charge in [0.05, 0.1) is 10.6 Å². The summed E-state index contributed by atoms with van der Waals surface area (Å²) in [6, 6.07) is 7.99. The zero-order chi connectivity index (χ0) is 16.4. The fourth-order valence-electron chi connectivity index (χ4n) is 2.59. The minimum atomic E-state index is -0.183. The molecule has 6 heteroatoms. The molecule has 0 aliphatic carbocycles. The average molecular weight is 346 g/mol. The zero-order valence-corrected chi connectivity index (χ0v) is 14.7. The van der Waals surface area contributed by atoms with Crippen LogP contribution in [-0.4, -0.2) is 22.4 Å².